The zero-order chi connectivity index (χ0) is 26.8. The van der Waals surface area contributed by atoms with E-state index in [0.29, 0.717) is 26.3 Å². The number of halogens is 1. The van der Waals surface area contributed by atoms with Crippen LogP contribution < -0.4 is 25.5 Å². The van der Waals surface area contributed by atoms with Gasteiger partial charge in [-0.05, 0) is 83.0 Å². The second-order valence-corrected chi connectivity index (χ2v) is 9.20. The summed E-state index contributed by atoms with van der Waals surface area (Å²) in [5.74, 6) is -1.20. The molecule has 3 amide bonds. The topological polar surface area (TPSA) is 118 Å². The molecule has 10 heteroatoms. The summed E-state index contributed by atoms with van der Waals surface area (Å²) < 4.78 is 11.8. The van der Waals surface area contributed by atoms with E-state index in [1.807, 2.05) is 62.4 Å². The molecule has 0 unspecified atom stereocenters. The first-order valence-electron chi connectivity index (χ1n) is 11.3. The van der Waals surface area contributed by atoms with Gasteiger partial charge in [-0.15, -0.1) is 0 Å². The first-order valence-corrected chi connectivity index (χ1v) is 12.4. The summed E-state index contributed by atoms with van der Waals surface area (Å²) >= 11 is 2.06. The number of hydrogen-bond acceptors (Lipinski definition) is 6. The van der Waals surface area contributed by atoms with Crippen LogP contribution in [0.3, 0.4) is 0 Å². The number of hydrogen-bond donors (Lipinski definition) is 3. The van der Waals surface area contributed by atoms with Gasteiger partial charge < -0.3 is 20.1 Å². The molecule has 0 aliphatic rings. The molecule has 9 nitrogen and oxygen atoms in total. The van der Waals surface area contributed by atoms with Crippen molar-refractivity contribution in [2.75, 3.05) is 19.0 Å². The molecule has 0 saturated heterocycles. The summed E-state index contributed by atoms with van der Waals surface area (Å²) in [6.45, 7) is 4.01. The maximum atomic E-state index is 12.4. The molecule has 0 atom stereocenters. The van der Waals surface area contributed by atoms with Crippen LogP contribution in [-0.2, 0) is 20.9 Å². The van der Waals surface area contributed by atoms with Gasteiger partial charge in [-0.25, -0.2) is 5.43 Å². The minimum atomic E-state index is -0.886. The summed E-state index contributed by atoms with van der Waals surface area (Å²) in [5, 5.41) is 9.19. The van der Waals surface area contributed by atoms with Crippen LogP contribution in [0.4, 0.5) is 5.69 Å². The standard InChI is InChI=1S/C27H27IN4O5/c1-17-9-10-21(11-18(17)2)31-24(33)16-37-25-22(28)12-20(13-23(25)36-3)15-30-32-27(35)26(34)29-14-19-7-5-4-6-8-19/h4-13,15H,14,16H2,1-3H3,(H,29,34)(H,31,33)(H,32,35). The number of rotatable bonds is 9. The van der Waals surface area contributed by atoms with Crippen LogP contribution in [0.5, 0.6) is 11.5 Å². The number of hydrazone groups is 1. The average molecular weight is 614 g/mol. The summed E-state index contributed by atoms with van der Waals surface area (Å²) in [4.78, 5) is 36.3. The van der Waals surface area contributed by atoms with E-state index in [1.54, 1.807) is 12.1 Å². The highest BCUT2D eigenvalue weighted by Crippen LogP contribution is 2.33. The third-order valence-electron chi connectivity index (χ3n) is 5.27. The zero-order valence-electron chi connectivity index (χ0n) is 20.6. The van der Waals surface area contributed by atoms with E-state index in [0.717, 1.165) is 16.7 Å². The Morgan fingerprint density at radius 3 is 2.43 bits per heavy atom. The van der Waals surface area contributed by atoms with E-state index in [4.69, 9.17) is 9.47 Å². The molecule has 0 saturated carbocycles. The van der Waals surface area contributed by atoms with Crippen LogP contribution in [0.15, 0.2) is 65.8 Å². The molecule has 3 N–H and O–H groups in total. The smallest absolute Gasteiger partial charge is 0.329 e. The van der Waals surface area contributed by atoms with Gasteiger partial charge in [-0.1, -0.05) is 36.4 Å². The van der Waals surface area contributed by atoms with Crippen LogP contribution in [0, 0.1) is 17.4 Å². The van der Waals surface area contributed by atoms with Crippen molar-refractivity contribution in [2.45, 2.75) is 20.4 Å². The van der Waals surface area contributed by atoms with Crippen LogP contribution in [-0.4, -0.2) is 37.7 Å². The Morgan fingerprint density at radius 2 is 1.73 bits per heavy atom. The molecule has 37 heavy (non-hydrogen) atoms. The SMILES string of the molecule is COc1cc(C=NNC(=O)C(=O)NCc2ccccc2)cc(I)c1OCC(=O)Nc1ccc(C)c(C)c1. The van der Waals surface area contributed by atoms with Gasteiger partial charge in [-0.2, -0.15) is 5.10 Å². The molecule has 0 heterocycles. The molecule has 0 spiro atoms. The minimum absolute atomic E-state index is 0.207. The molecule has 0 aliphatic heterocycles. The first-order chi connectivity index (χ1) is 17.8. The second kappa shape index (κ2) is 13.4. The molecule has 3 aromatic rings. The van der Waals surface area contributed by atoms with Crippen molar-refractivity contribution < 1.29 is 23.9 Å². The monoisotopic (exact) mass is 614 g/mol. The minimum Gasteiger partial charge on any atom is -0.493 e. The molecule has 0 bridgehead atoms. The first kappa shape index (κ1) is 27.7. The number of aryl methyl sites for hydroxylation is 2. The Bertz CT molecular complexity index is 1310. The van der Waals surface area contributed by atoms with Gasteiger partial charge in [0, 0.05) is 12.2 Å². The lowest BCUT2D eigenvalue weighted by molar-refractivity contribution is -0.139. The highest BCUT2D eigenvalue weighted by atomic mass is 127. The number of carbonyl (C=O) groups is 3. The summed E-state index contributed by atoms with van der Waals surface area (Å²) in [7, 11) is 1.48. The number of carbonyl (C=O) groups excluding carboxylic acids is 3. The number of methoxy groups -OCH3 is 1. The van der Waals surface area contributed by atoms with E-state index in [1.165, 1.54) is 13.3 Å². The summed E-state index contributed by atoms with van der Waals surface area (Å²) in [5.41, 5.74) is 6.59. The predicted octanol–water partition coefficient (Wildman–Crippen LogP) is 3.70. The number of benzene rings is 3. The lowest BCUT2D eigenvalue weighted by atomic mass is 10.1. The van der Waals surface area contributed by atoms with E-state index < -0.39 is 11.8 Å². The quantitative estimate of drug-likeness (QED) is 0.147. The van der Waals surface area contributed by atoms with Crippen LogP contribution >= 0.6 is 22.6 Å². The van der Waals surface area contributed by atoms with E-state index >= 15 is 0 Å². The largest absolute Gasteiger partial charge is 0.493 e. The average Bonchev–Trinajstić information content (AvgIpc) is 2.89. The lowest BCUT2D eigenvalue weighted by Crippen LogP contribution is -2.37. The van der Waals surface area contributed by atoms with Crippen molar-refractivity contribution >= 4 is 52.2 Å². The Morgan fingerprint density at radius 1 is 0.973 bits per heavy atom. The van der Waals surface area contributed by atoms with Crippen molar-refractivity contribution in [1.29, 1.82) is 0 Å². The number of nitrogens with one attached hydrogen (secondary N) is 3. The molecule has 3 rings (SSSR count). The van der Waals surface area contributed by atoms with Crippen molar-refractivity contribution in [3.05, 3.63) is 86.5 Å². The summed E-state index contributed by atoms with van der Waals surface area (Å²) in [6.07, 6.45) is 1.38. The van der Waals surface area contributed by atoms with Gasteiger partial charge >= 0.3 is 11.8 Å². The van der Waals surface area contributed by atoms with Gasteiger partial charge in [0.05, 0.1) is 16.9 Å². The van der Waals surface area contributed by atoms with Gasteiger partial charge in [-0.3, -0.25) is 14.4 Å². The Balaban J connectivity index is 1.55. The van der Waals surface area contributed by atoms with Crippen LogP contribution in [0.2, 0.25) is 0 Å². The van der Waals surface area contributed by atoms with Crippen molar-refractivity contribution in [3.63, 3.8) is 0 Å². The van der Waals surface area contributed by atoms with Crippen molar-refractivity contribution in [2.24, 2.45) is 5.10 Å². The van der Waals surface area contributed by atoms with Crippen molar-refractivity contribution in [1.82, 2.24) is 10.7 Å². The zero-order valence-corrected chi connectivity index (χ0v) is 22.8. The number of nitrogens with zero attached hydrogens (tertiary/aromatic N) is 1. The maximum absolute atomic E-state index is 12.4. The van der Waals surface area contributed by atoms with Crippen molar-refractivity contribution in [3.8, 4) is 11.5 Å². The molecule has 3 aromatic carbocycles. The highest BCUT2D eigenvalue weighted by Gasteiger charge is 2.15. The molecule has 192 valence electrons. The molecule has 0 aromatic heterocycles. The number of anilines is 1. The number of ether oxygens (including phenoxy) is 2. The fraction of sp³-hybridized carbons (Fsp3) is 0.185. The van der Waals surface area contributed by atoms with Gasteiger partial charge in [0.2, 0.25) is 0 Å². The molecule has 0 fully saturated rings. The Kier molecular flexibility index (Phi) is 10.0. The van der Waals surface area contributed by atoms with Crippen LogP contribution in [0.25, 0.3) is 0 Å². The predicted molar refractivity (Wildman–Crippen MR) is 150 cm³/mol. The summed E-state index contributed by atoms with van der Waals surface area (Å²) in [6, 6.07) is 18.3. The lowest BCUT2D eigenvalue weighted by Gasteiger charge is -2.14. The normalized spacial score (nSPS) is 10.6. The van der Waals surface area contributed by atoms with Gasteiger partial charge in [0.1, 0.15) is 0 Å². The van der Waals surface area contributed by atoms with E-state index in [2.05, 4.69) is 43.8 Å². The third kappa shape index (κ3) is 8.31. The maximum Gasteiger partial charge on any atom is 0.329 e. The van der Waals surface area contributed by atoms with Crippen LogP contribution in [0.1, 0.15) is 22.3 Å². The Labute approximate surface area is 228 Å². The fourth-order valence-electron chi connectivity index (χ4n) is 3.18. The molecular formula is C27H27IN4O5. The Hall–Kier alpha value is -3.93. The second-order valence-electron chi connectivity index (χ2n) is 8.04. The van der Waals surface area contributed by atoms with Gasteiger partial charge in [0.25, 0.3) is 5.91 Å². The number of amides is 3. The third-order valence-corrected chi connectivity index (χ3v) is 6.07. The molecule has 0 aliphatic carbocycles. The van der Waals surface area contributed by atoms with Gasteiger partial charge in [0.15, 0.2) is 18.1 Å². The highest BCUT2D eigenvalue weighted by molar-refractivity contribution is 14.1. The molecule has 0 radical (unpaired) electrons. The molecular weight excluding hydrogens is 587 g/mol. The van der Waals surface area contributed by atoms with E-state index in [-0.39, 0.29) is 19.1 Å². The van der Waals surface area contributed by atoms with E-state index in [9.17, 15) is 14.4 Å². The fourth-order valence-corrected chi connectivity index (χ4v) is 3.96.